The van der Waals surface area contributed by atoms with E-state index in [0.717, 1.165) is 4.70 Å². The Kier molecular flexibility index (Phi) is 6.76. The standard InChI is InChI=1S/C22H21N3O5S/c1-4-30-20(28)12-25-18-10-9-17(23-14(3)27)11-19(18)31-22(25)24-21(29)16-7-5-15(6-8-16)13(2)26/h5-11H,4,12H2,1-3H3,(H,23,27). The number of nitrogens with zero attached hydrogens (tertiary/aromatic N) is 2. The van der Waals surface area contributed by atoms with Crippen LogP contribution in [0.1, 0.15) is 41.5 Å². The Bertz CT molecular complexity index is 1240. The van der Waals surface area contributed by atoms with Crippen LogP contribution in [0.5, 0.6) is 0 Å². The molecule has 0 unspecified atom stereocenters. The first-order valence-electron chi connectivity index (χ1n) is 9.55. The van der Waals surface area contributed by atoms with E-state index in [2.05, 4.69) is 10.3 Å². The molecule has 0 radical (unpaired) electrons. The number of nitrogens with one attached hydrogen (secondary N) is 1. The summed E-state index contributed by atoms with van der Waals surface area (Å²) in [5, 5.41) is 2.71. The average Bonchev–Trinajstić information content (AvgIpc) is 3.03. The van der Waals surface area contributed by atoms with Crippen LogP contribution in [-0.4, -0.2) is 34.7 Å². The molecule has 0 atom stereocenters. The first-order valence-corrected chi connectivity index (χ1v) is 10.4. The number of hydrogen-bond acceptors (Lipinski definition) is 6. The number of Topliss-reactive ketones (excluding diaryl/α,β-unsaturated/α-hetero) is 1. The first kappa shape index (κ1) is 22.1. The molecule has 0 spiro atoms. The molecular formula is C22H21N3O5S. The quantitative estimate of drug-likeness (QED) is 0.469. The smallest absolute Gasteiger partial charge is 0.326 e. The highest BCUT2D eigenvalue weighted by atomic mass is 32.1. The van der Waals surface area contributed by atoms with Gasteiger partial charge in [0.25, 0.3) is 5.91 Å². The molecule has 0 bridgehead atoms. The van der Waals surface area contributed by atoms with Crippen LogP contribution < -0.4 is 10.1 Å². The van der Waals surface area contributed by atoms with Gasteiger partial charge in [-0.25, -0.2) is 0 Å². The van der Waals surface area contributed by atoms with Crippen molar-refractivity contribution >= 4 is 50.8 Å². The molecule has 8 nitrogen and oxygen atoms in total. The van der Waals surface area contributed by atoms with E-state index in [1.807, 2.05) is 0 Å². The number of aromatic nitrogens is 1. The lowest BCUT2D eigenvalue weighted by molar-refractivity contribution is -0.143. The van der Waals surface area contributed by atoms with Crippen LogP contribution in [0.15, 0.2) is 47.5 Å². The Hall–Kier alpha value is -3.59. The van der Waals surface area contributed by atoms with E-state index in [9.17, 15) is 19.2 Å². The van der Waals surface area contributed by atoms with E-state index >= 15 is 0 Å². The SMILES string of the molecule is CCOC(=O)Cn1c(=NC(=O)c2ccc(C(C)=O)cc2)sc2cc(NC(C)=O)ccc21. The summed E-state index contributed by atoms with van der Waals surface area (Å²) in [5.74, 6) is -1.25. The van der Waals surface area contributed by atoms with Gasteiger partial charge in [0, 0.05) is 23.7 Å². The van der Waals surface area contributed by atoms with E-state index in [4.69, 9.17) is 4.74 Å². The van der Waals surface area contributed by atoms with Crippen molar-refractivity contribution in [3.05, 3.63) is 58.4 Å². The number of ketones is 1. The number of carbonyl (C=O) groups is 4. The summed E-state index contributed by atoms with van der Waals surface area (Å²) < 4.78 is 7.40. The highest BCUT2D eigenvalue weighted by molar-refractivity contribution is 7.16. The van der Waals surface area contributed by atoms with E-state index in [0.29, 0.717) is 27.1 Å². The highest BCUT2D eigenvalue weighted by Crippen LogP contribution is 2.22. The van der Waals surface area contributed by atoms with Crippen LogP contribution in [0.4, 0.5) is 5.69 Å². The first-order chi connectivity index (χ1) is 14.8. The largest absolute Gasteiger partial charge is 0.465 e. The number of benzene rings is 2. The van der Waals surface area contributed by atoms with Crippen molar-refractivity contribution in [2.24, 2.45) is 4.99 Å². The molecule has 3 aromatic rings. The third kappa shape index (κ3) is 5.32. The molecule has 1 aromatic heterocycles. The fraction of sp³-hybridized carbons (Fsp3) is 0.227. The van der Waals surface area contributed by atoms with Gasteiger partial charge in [-0.05, 0) is 44.2 Å². The fourth-order valence-corrected chi connectivity index (χ4v) is 3.99. The molecule has 0 saturated carbocycles. The van der Waals surface area contributed by atoms with Gasteiger partial charge in [0.1, 0.15) is 6.54 Å². The number of carbonyl (C=O) groups excluding carboxylic acids is 4. The lowest BCUT2D eigenvalue weighted by Crippen LogP contribution is -2.23. The van der Waals surface area contributed by atoms with Crippen molar-refractivity contribution in [2.45, 2.75) is 27.3 Å². The van der Waals surface area contributed by atoms with Gasteiger partial charge < -0.3 is 14.6 Å². The second kappa shape index (κ2) is 9.48. The zero-order valence-corrected chi connectivity index (χ0v) is 18.1. The average molecular weight is 439 g/mol. The van der Waals surface area contributed by atoms with Gasteiger partial charge in [-0.3, -0.25) is 19.2 Å². The molecule has 1 N–H and O–H groups in total. The van der Waals surface area contributed by atoms with E-state index < -0.39 is 11.9 Å². The Balaban J connectivity index is 2.07. The van der Waals surface area contributed by atoms with Crippen LogP contribution in [-0.2, 0) is 20.9 Å². The summed E-state index contributed by atoms with van der Waals surface area (Å²) in [7, 11) is 0. The van der Waals surface area contributed by atoms with E-state index in [1.54, 1.807) is 54.0 Å². The number of esters is 1. The second-order valence-electron chi connectivity index (χ2n) is 6.69. The molecule has 9 heteroatoms. The van der Waals surface area contributed by atoms with E-state index in [-0.39, 0.29) is 24.8 Å². The van der Waals surface area contributed by atoms with Crippen molar-refractivity contribution in [2.75, 3.05) is 11.9 Å². The third-order valence-electron chi connectivity index (χ3n) is 4.33. The Morgan fingerprint density at radius 2 is 1.71 bits per heavy atom. The number of anilines is 1. The molecule has 0 aliphatic rings. The van der Waals surface area contributed by atoms with Crippen molar-refractivity contribution in [3.63, 3.8) is 0 Å². The van der Waals surface area contributed by atoms with Crippen molar-refractivity contribution in [1.29, 1.82) is 0 Å². The molecule has 3 rings (SSSR count). The normalized spacial score (nSPS) is 11.4. The molecule has 2 aromatic carbocycles. The maximum absolute atomic E-state index is 12.7. The van der Waals surface area contributed by atoms with Crippen LogP contribution in [0.2, 0.25) is 0 Å². The van der Waals surface area contributed by atoms with E-state index in [1.165, 1.54) is 25.2 Å². The third-order valence-corrected chi connectivity index (χ3v) is 5.37. The van der Waals surface area contributed by atoms with Gasteiger partial charge in [0.05, 0.1) is 16.8 Å². The second-order valence-corrected chi connectivity index (χ2v) is 7.70. The number of amides is 2. The predicted molar refractivity (Wildman–Crippen MR) is 117 cm³/mol. The molecule has 1 heterocycles. The predicted octanol–water partition coefficient (Wildman–Crippen LogP) is 3.17. The van der Waals surface area contributed by atoms with Gasteiger partial charge in [-0.1, -0.05) is 23.5 Å². The summed E-state index contributed by atoms with van der Waals surface area (Å²) in [4.78, 5) is 52.1. The Labute approximate surface area is 182 Å². The van der Waals surface area contributed by atoms with Crippen LogP contribution in [0.25, 0.3) is 10.2 Å². The van der Waals surface area contributed by atoms with Gasteiger partial charge in [-0.2, -0.15) is 4.99 Å². The Morgan fingerprint density at radius 1 is 1.03 bits per heavy atom. The lowest BCUT2D eigenvalue weighted by atomic mass is 10.1. The van der Waals surface area contributed by atoms with Crippen LogP contribution in [0.3, 0.4) is 0 Å². The van der Waals surface area contributed by atoms with Crippen LogP contribution >= 0.6 is 11.3 Å². The zero-order chi connectivity index (χ0) is 22.5. The minimum absolute atomic E-state index is 0.0947. The molecule has 2 amide bonds. The molecule has 31 heavy (non-hydrogen) atoms. The number of rotatable bonds is 6. The Morgan fingerprint density at radius 3 is 2.32 bits per heavy atom. The van der Waals surface area contributed by atoms with Crippen molar-refractivity contribution < 1.29 is 23.9 Å². The molecule has 0 aliphatic heterocycles. The molecule has 0 saturated heterocycles. The summed E-state index contributed by atoms with van der Waals surface area (Å²) in [6.45, 7) is 4.71. The number of thiazole rings is 1. The monoisotopic (exact) mass is 439 g/mol. The number of fused-ring (bicyclic) bond motifs is 1. The highest BCUT2D eigenvalue weighted by Gasteiger charge is 2.14. The maximum Gasteiger partial charge on any atom is 0.326 e. The van der Waals surface area contributed by atoms with Gasteiger partial charge >= 0.3 is 5.97 Å². The summed E-state index contributed by atoms with van der Waals surface area (Å²) >= 11 is 1.22. The summed E-state index contributed by atoms with van der Waals surface area (Å²) in [5.41, 5.74) is 2.11. The van der Waals surface area contributed by atoms with Crippen molar-refractivity contribution in [1.82, 2.24) is 4.57 Å². The lowest BCUT2D eigenvalue weighted by Gasteiger charge is -2.06. The minimum atomic E-state index is -0.499. The topological polar surface area (TPSA) is 107 Å². The summed E-state index contributed by atoms with van der Waals surface area (Å²) in [6, 6.07) is 11.4. The van der Waals surface area contributed by atoms with Gasteiger partial charge in [-0.15, -0.1) is 0 Å². The zero-order valence-electron chi connectivity index (χ0n) is 17.3. The number of hydrogen-bond donors (Lipinski definition) is 1. The minimum Gasteiger partial charge on any atom is -0.465 e. The molecular weight excluding hydrogens is 418 g/mol. The molecule has 0 fully saturated rings. The fourth-order valence-electron chi connectivity index (χ4n) is 2.93. The van der Waals surface area contributed by atoms with Gasteiger partial charge in [0.2, 0.25) is 5.91 Å². The number of ether oxygens (including phenoxy) is 1. The van der Waals surface area contributed by atoms with Gasteiger partial charge in [0.15, 0.2) is 10.6 Å². The molecule has 160 valence electrons. The van der Waals surface area contributed by atoms with Crippen LogP contribution in [0, 0.1) is 0 Å². The molecule has 0 aliphatic carbocycles. The maximum atomic E-state index is 12.7. The summed E-state index contributed by atoms with van der Waals surface area (Å²) in [6.07, 6.45) is 0. The van der Waals surface area contributed by atoms with Crippen molar-refractivity contribution in [3.8, 4) is 0 Å².